The summed E-state index contributed by atoms with van der Waals surface area (Å²) in [6.07, 6.45) is 1.89. The number of aliphatic carboxylic acids is 1. The average Bonchev–Trinajstić information content (AvgIpc) is 2.97. The maximum Gasteiger partial charge on any atom is 0.307 e. The molecule has 1 unspecified atom stereocenters. The Balaban J connectivity index is 2.04. The standard InChI is InChI=1S/C14H14N2O4S/c17-14(18)11-6-8-16(9-11)21(19,20)12-5-1-3-10-4-2-7-15-13(10)12/h1-5,7,11H,6,8-9H2,(H,17,18). The Hall–Kier alpha value is -1.99. The van der Waals surface area contributed by atoms with Crippen molar-refractivity contribution < 1.29 is 18.3 Å². The summed E-state index contributed by atoms with van der Waals surface area (Å²) in [5, 5.41) is 9.75. The molecule has 0 radical (unpaired) electrons. The summed E-state index contributed by atoms with van der Waals surface area (Å²) >= 11 is 0. The van der Waals surface area contributed by atoms with Gasteiger partial charge in [0.05, 0.1) is 11.4 Å². The van der Waals surface area contributed by atoms with Crippen molar-refractivity contribution in [1.82, 2.24) is 9.29 Å². The number of pyridine rings is 1. The third kappa shape index (κ3) is 2.38. The van der Waals surface area contributed by atoms with Crippen molar-refractivity contribution in [3.8, 4) is 0 Å². The Morgan fingerprint density at radius 1 is 1.29 bits per heavy atom. The second-order valence-corrected chi connectivity index (χ2v) is 6.92. The van der Waals surface area contributed by atoms with Gasteiger partial charge in [-0.25, -0.2) is 8.42 Å². The number of carboxylic acids is 1. The zero-order valence-corrected chi connectivity index (χ0v) is 12.0. The molecule has 3 rings (SSSR count). The van der Waals surface area contributed by atoms with Gasteiger partial charge in [0, 0.05) is 24.7 Å². The monoisotopic (exact) mass is 306 g/mol. The topological polar surface area (TPSA) is 87.6 Å². The largest absolute Gasteiger partial charge is 0.481 e. The van der Waals surface area contributed by atoms with E-state index in [4.69, 9.17) is 5.11 Å². The summed E-state index contributed by atoms with van der Waals surface area (Å²) in [4.78, 5) is 15.3. The van der Waals surface area contributed by atoms with Crippen LogP contribution in [-0.2, 0) is 14.8 Å². The van der Waals surface area contributed by atoms with Crippen LogP contribution in [0, 0.1) is 5.92 Å². The molecule has 7 heteroatoms. The molecule has 0 spiro atoms. The number of carbonyl (C=O) groups is 1. The van der Waals surface area contributed by atoms with Crippen LogP contribution in [-0.4, -0.2) is 41.9 Å². The number of fused-ring (bicyclic) bond motifs is 1. The van der Waals surface area contributed by atoms with Crippen molar-refractivity contribution in [2.24, 2.45) is 5.92 Å². The molecule has 0 aliphatic carbocycles. The third-order valence-electron chi connectivity index (χ3n) is 3.71. The van der Waals surface area contributed by atoms with Crippen LogP contribution in [0.1, 0.15) is 6.42 Å². The molecule has 1 N–H and O–H groups in total. The molecule has 2 heterocycles. The summed E-state index contributed by atoms with van der Waals surface area (Å²) < 4.78 is 26.7. The van der Waals surface area contributed by atoms with E-state index in [2.05, 4.69) is 4.98 Å². The van der Waals surface area contributed by atoms with Gasteiger partial charge in [-0.15, -0.1) is 0 Å². The fourth-order valence-corrected chi connectivity index (χ4v) is 4.24. The highest BCUT2D eigenvalue weighted by molar-refractivity contribution is 7.89. The fraction of sp³-hybridized carbons (Fsp3) is 0.286. The maximum atomic E-state index is 12.7. The quantitative estimate of drug-likeness (QED) is 0.924. The van der Waals surface area contributed by atoms with Gasteiger partial charge in [-0.2, -0.15) is 4.31 Å². The lowest BCUT2D eigenvalue weighted by Gasteiger charge is -2.16. The molecule has 21 heavy (non-hydrogen) atoms. The van der Waals surface area contributed by atoms with E-state index in [9.17, 15) is 13.2 Å². The molecule has 1 aromatic heterocycles. The molecule has 110 valence electrons. The predicted molar refractivity (Wildman–Crippen MR) is 76.2 cm³/mol. The van der Waals surface area contributed by atoms with Gasteiger partial charge in [0.25, 0.3) is 0 Å². The third-order valence-corrected chi connectivity index (χ3v) is 5.61. The van der Waals surface area contributed by atoms with Gasteiger partial charge in [0.15, 0.2) is 0 Å². The molecule has 1 atom stereocenters. The normalized spacial score (nSPS) is 19.9. The number of para-hydroxylation sites is 1. The van der Waals surface area contributed by atoms with Crippen molar-refractivity contribution in [3.05, 3.63) is 36.5 Å². The predicted octanol–water partition coefficient (Wildman–Crippen LogP) is 1.33. The molecule has 6 nitrogen and oxygen atoms in total. The van der Waals surface area contributed by atoms with E-state index in [-0.39, 0.29) is 18.0 Å². The van der Waals surface area contributed by atoms with Crippen LogP contribution in [0.15, 0.2) is 41.4 Å². The van der Waals surface area contributed by atoms with Crippen molar-refractivity contribution in [1.29, 1.82) is 0 Å². The highest BCUT2D eigenvalue weighted by Gasteiger charge is 2.36. The van der Waals surface area contributed by atoms with Crippen LogP contribution in [0.4, 0.5) is 0 Å². The summed E-state index contributed by atoms with van der Waals surface area (Å²) in [7, 11) is -3.72. The number of carboxylic acid groups (broad SMARTS) is 1. The van der Waals surface area contributed by atoms with E-state index in [1.54, 1.807) is 30.5 Å². The van der Waals surface area contributed by atoms with E-state index < -0.39 is 21.9 Å². The molecule has 0 saturated carbocycles. The number of sulfonamides is 1. The zero-order chi connectivity index (χ0) is 15.0. The lowest BCUT2D eigenvalue weighted by Crippen LogP contribution is -2.30. The van der Waals surface area contributed by atoms with Crippen LogP contribution in [0.3, 0.4) is 0 Å². The van der Waals surface area contributed by atoms with Gasteiger partial charge in [-0.05, 0) is 18.6 Å². The van der Waals surface area contributed by atoms with Gasteiger partial charge < -0.3 is 5.11 Å². The molecule has 0 amide bonds. The Kier molecular flexibility index (Phi) is 3.38. The number of nitrogens with zero attached hydrogens (tertiary/aromatic N) is 2. The Morgan fingerprint density at radius 3 is 2.76 bits per heavy atom. The number of aromatic nitrogens is 1. The minimum absolute atomic E-state index is 0.0148. The Morgan fingerprint density at radius 2 is 2.05 bits per heavy atom. The van der Waals surface area contributed by atoms with Crippen molar-refractivity contribution in [2.45, 2.75) is 11.3 Å². The van der Waals surface area contributed by atoms with E-state index in [1.165, 1.54) is 10.4 Å². The summed E-state index contributed by atoms with van der Waals surface area (Å²) in [5.74, 6) is -1.59. The Labute approximate surface area is 122 Å². The van der Waals surface area contributed by atoms with E-state index in [0.717, 1.165) is 5.39 Å². The van der Waals surface area contributed by atoms with Crippen LogP contribution in [0.2, 0.25) is 0 Å². The van der Waals surface area contributed by atoms with Crippen LogP contribution in [0.5, 0.6) is 0 Å². The van der Waals surface area contributed by atoms with Crippen LogP contribution >= 0.6 is 0 Å². The van der Waals surface area contributed by atoms with Gasteiger partial charge in [-0.1, -0.05) is 18.2 Å². The molecule has 1 saturated heterocycles. The van der Waals surface area contributed by atoms with E-state index in [0.29, 0.717) is 11.9 Å². The minimum atomic E-state index is -3.72. The lowest BCUT2D eigenvalue weighted by atomic mass is 10.1. The smallest absolute Gasteiger partial charge is 0.307 e. The second kappa shape index (κ2) is 5.09. The fourth-order valence-electron chi connectivity index (χ4n) is 2.57. The van der Waals surface area contributed by atoms with Gasteiger partial charge in [-0.3, -0.25) is 9.78 Å². The van der Waals surface area contributed by atoms with Crippen molar-refractivity contribution in [3.63, 3.8) is 0 Å². The number of hydrogen-bond acceptors (Lipinski definition) is 4. The number of benzene rings is 1. The maximum absolute atomic E-state index is 12.7. The molecule has 1 aliphatic rings. The van der Waals surface area contributed by atoms with Crippen molar-refractivity contribution >= 4 is 26.9 Å². The number of rotatable bonds is 3. The molecular weight excluding hydrogens is 292 g/mol. The minimum Gasteiger partial charge on any atom is -0.481 e. The lowest BCUT2D eigenvalue weighted by molar-refractivity contribution is -0.141. The van der Waals surface area contributed by atoms with Gasteiger partial charge in [0.2, 0.25) is 10.0 Å². The molecule has 2 aromatic rings. The Bertz CT molecular complexity index is 798. The molecule has 1 fully saturated rings. The first-order chi connectivity index (χ1) is 10.00. The van der Waals surface area contributed by atoms with Gasteiger partial charge in [0.1, 0.15) is 4.90 Å². The number of hydrogen-bond donors (Lipinski definition) is 1. The second-order valence-electron chi connectivity index (χ2n) is 5.02. The van der Waals surface area contributed by atoms with Crippen LogP contribution in [0.25, 0.3) is 10.9 Å². The molecule has 1 aromatic carbocycles. The van der Waals surface area contributed by atoms with Crippen LogP contribution < -0.4 is 0 Å². The van der Waals surface area contributed by atoms with Gasteiger partial charge >= 0.3 is 5.97 Å². The first-order valence-electron chi connectivity index (χ1n) is 6.57. The molecular formula is C14H14N2O4S. The first-order valence-corrected chi connectivity index (χ1v) is 8.01. The summed E-state index contributed by atoms with van der Waals surface area (Å²) in [5.41, 5.74) is 0.416. The summed E-state index contributed by atoms with van der Waals surface area (Å²) in [6.45, 7) is 0.239. The summed E-state index contributed by atoms with van der Waals surface area (Å²) in [6, 6.07) is 8.52. The molecule has 1 aliphatic heterocycles. The SMILES string of the molecule is O=C(O)C1CCN(S(=O)(=O)c2cccc3cccnc23)C1. The molecule has 0 bridgehead atoms. The van der Waals surface area contributed by atoms with E-state index in [1.807, 2.05) is 0 Å². The highest BCUT2D eigenvalue weighted by Crippen LogP contribution is 2.28. The average molecular weight is 306 g/mol. The first kappa shape index (κ1) is 14.0. The van der Waals surface area contributed by atoms with Crippen molar-refractivity contribution in [2.75, 3.05) is 13.1 Å². The highest BCUT2D eigenvalue weighted by atomic mass is 32.2. The van der Waals surface area contributed by atoms with E-state index >= 15 is 0 Å². The zero-order valence-electron chi connectivity index (χ0n) is 11.1.